The number of halogens is 2. The highest BCUT2D eigenvalue weighted by atomic mass is 35.5. The lowest BCUT2D eigenvalue weighted by molar-refractivity contribution is 0.108. The second-order valence-corrected chi connectivity index (χ2v) is 2.67. The molecule has 0 N–H and O–H groups in total. The monoisotopic (exact) mass is 205 g/mol. The predicted molar refractivity (Wildman–Crippen MR) is 46.0 cm³/mol. The van der Waals surface area contributed by atoms with Crippen LogP contribution in [0.15, 0.2) is 12.1 Å². The summed E-state index contributed by atoms with van der Waals surface area (Å²) in [4.78, 5) is 14.4. The molecule has 0 aliphatic rings. The third-order valence-corrected chi connectivity index (χ3v) is 1.74. The summed E-state index contributed by atoms with van der Waals surface area (Å²) in [6, 6.07) is 2.98. The van der Waals surface area contributed by atoms with Crippen LogP contribution in [0.5, 0.6) is 5.88 Å². The van der Waals surface area contributed by atoms with E-state index < -0.39 is 5.24 Å². The van der Waals surface area contributed by atoms with E-state index in [2.05, 4.69) is 4.98 Å². The van der Waals surface area contributed by atoms with Crippen LogP contribution in [0.2, 0.25) is 5.15 Å². The molecule has 0 saturated carbocycles. The van der Waals surface area contributed by atoms with E-state index in [0.29, 0.717) is 5.88 Å². The van der Waals surface area contributed by atoms with Crippen molar-refractivity contribution in [3.8, 4) is 5.88 Å². The topological polar surface area (TPSA) is 39.2 Å². The second-order valence-electron chi connectivity index (χ2n) is 1.97. The van der Waals surface area contributed by atoms with Gasteiger partial charge in [0.05, 0.1) is 12.7 Å². The highest BCUT2D eigenvalue weighted by Crippen LogP contribution is 2.18. The van der Waals surface area contributed by atoms with Gasteiger partial charge in [-0.05, 0) is 17.7 Å². The molecule has 64 valence electrons. The van der Waals surface area contributed by atoms with E-state index in [0.717, 1.165) is 0 Å². The fourth-order valence-electron chi connectivity index (χ4n) is 0.678. The molecule has 0 aliphatic carbocycles. The van der Waals surface area contributed by atoms with Crippen LogP contribution < -0.4 is 4.74 Å². The van der Waals surface area contributed by atoms with Crippen LogP contribution in [-0.4, -0.2) is 17.3 Å². The second kappa shape index (κ2) is 3.74. The Kier molecular flexibility index (Phi) is 2.89. The van der Waals surface area contributed by atoms with Gasteiger partial charge >= 0.3 is 0 Å². The van der Waals surface area contributed by atoms with Crippen molar-refractivity contribution in [3.05, 3.63) is 22.8 Å². The van der Waals surface area contributed by atoms with Crippen LogP contribution >= 0.6 is 23.2 Å². The van der Waals surface area contributed by atoms with E-state index in [1.807, 2.05) is 0 Å². The van der Waals surface area contributed by atoms with Gasteiger partial charge in [-0.1, -0.05) is 11.6 Å². The highest BCUT2D eigenvalue weighted by molar-refractivity contribution is 6.68. The minimum Gasteiger partial charge on any atom is -0.481 e. The van der Waals surface area contributed by atoms with Gasteiger partial charge in [0.2, 0.25) is 5.88 Å². The first kappa shape index (κ1) is 9.29. The highest BCUT2D eigenvalue weighted by Gasteiger charge is 2.09. The Labute approximate surface area is 79.3 Å². The van der Waals surface area contributed by atoms with Gasteiger partial charge in [0.1, 0.15) is 5.15 Å². The number of hydrogen-bond donors (Lipinski definition) is 0. The molecule has 0 atom stereocenters. The lowest BCUT2D eigenvalue weighted by Crippen LogP contribution is -1.94. The van der Waals surface area contributed by atoms with Gasteiger partial charge in [-0.25, -0.2) is 4.98 Å². The largest absolute Gasteiger partial charge is 0.481 e. The molecule has 1 heterocycles. The molecule has 0 radical (unpaired) electrons. The zero-order valence-corrected chi connectivity index (χ0v) is 7.69. The average Bonchev–Trinajstić information content (AvgIpc) is 2.03. The van der Waals surface area contributed by atoms with E-state index in [1.165, 1.54) is 19.2 Å². The minimum absolute atomic E-state index is 0.0503. The SMILES string of the molecule is COc1ccc(C(=O)Cl)c(Cl)n1. The standard InChI is InChI=1S/C7H5Cl2NO2/c1-12-5-3-2-4(7(9)11)6(8)10-5/h2-3H,1H3. The van der Waals surface area contributed by atoms with Gasteiger partial charge in [0.15, 0.2) is 0 Å². The van der Waals surface area contributed by atoms with E-state index in [9.17, 15) is 4.79 Å². The molecular weight excluding hydrogens is 201 g/mol. The van der Waals surface area contributed by atoms with Crippen LogP contribution in [0, 0.1) is 0 Å². The quantitative estimate of drug-likeness (QED) is 0.549. The van der Waals surface area contributed by atoms with E-state index in [1.54, 1.807) is 0 Å². The van der Waals surface area contributed by atoms with Crippen molar-refractivity contribution in [2.24, 2.45) is 0 Å². The fourth-order valence-corrected chi connectivity index (χ4v) is 1.11. The number of rotatable bonds is 2. The number of aromatic nitrogens is 1. The number of hydrogen-bond acceptors (Lipinski definition) is 3. The summed E-state index contributed by atoms with van der Waals surface area (Å²) >= 11 is 10.8. The lowest BCUT2D eigenvalue weighted by atomic mass is 10.3. The van der Waals surface area contributed by atoms with Crippen molar-refractivity contribution in [1.29, 1.82) is 0 Å². The number of pyridine rings is 1. The third-order valence-electron chi connectivity index (χ3n) is 1.24. The maximum absolute atomic E-state index is 10.7. The summed E-state index contributed by atoms with van der Waals surface area (Å²) in [5.41, 5.74) is 0.180. The number of carbonyl (C=O) groups excluding carboxylic acids is 1. The van der Waals surface area contributed by atoms with Gasteiger partial charge in [-0.3, -0.25) is 4.79 Å². The number of methoxy groups -OCH3 is 1. The van der Waals surface area contributed by atoms with E-state index in [4.69, 9.17) is 27.9 Å². The number of carbonyl (C=O) groups is 1. The van der Waals surface area contributed by atoms with E-state index >= 15 is 0 Å². The van der Waals surface area contributed by atoms with Gasteiger partial charge in [-0.2, -0.15) is 0 Å². The molecule has 1 rings (SSSR count). The molecule has 3 nitrogen and oxygen atoms in total. The predicted octanol–water partition coefficient (Wildman–Crippen LogP) is 2.12. The first-order valence-electron chi connectivity index (χ1n) is 3.05. The smallest absolute Gasteiger partial charge is 0.255 e. The Bertz CT molecular complexity index is 314. The normalized spacial score (nSPS) is 9.58. The molecule has 1 aromatic rings. The zero-order chi connectivity index (χ0) is 9.14. The molecule has 0 aliphatic heterocycles. The Balaban J connectivity index is 3.12. The van der Waals surface area contributed by atoms with Crippen LogP contribution in [0.3, 0.4) is 0 Å². The first-order valence-corrected chi connectivity index (χ1v) is 3.81. The summed E-state index contributed by atoms with van der Waals surface area (Å²) in [7, 11) is 1.46. The third kappa shape index (κ3) is 1.87. The maximum atomic E-state index is 10.7. The number of ether oxygens (including phenoxy) is 1. The molecule has 5 heteroatoms. The maximum Gasteiger partial charge on any atom is 0.255 e. The van der Waals surface area contributed by atoms with Crippen molar-refractivity contribution in [3.63, 3.8) is 0 Å². The molecule has 12 heavy (non-hydrogen) atoms. The summed E-state index contributed by atoms with van der Waals surface area (Å²) < 4.78 is 4.78. The van der Waals surface area contributed by atoms with Crippen molar-refractivity contribution >= 4 is 28.4 Å². The summed E-state index contributed by atoms with van der Waals surface area (Å²) in [6.07, 6.45) is 0. The summed E-state index contributed by atoms with van der Waals surface area (Å²) in [6.45, 7) is 0. The molecule has 0 unspecified atom stereocenters. The van der Waals surface area contributed by atoms with Crippen molar-refractivity contribution in [2.75, 3.05) is 7.11 Å². The summed E-state index contributed by atoms with van der Waals surface area (Å²) in [5.74, 6) is 0.349. The zero-order valence-electron chi connectivity index (χ0n) is 6.17. The Morgan fingerprint density at radius 2 is 2.25 bits per heavy atom. The van der Waals surface area contributed by atoms with Gasteiger partial charge in [-0.15, -0.1) is 0 Å². The molecular formula is C7H5Cl2NO2. The molecule has 0 amide bonds. The Morgan fingerprint density at radius 1 is 1.58 bits per heavy atom. The Hall–Kier alpha value is -0.800. The van der Waals surface area contributed by atoms with Gasteiger partial charge < -0.3 is 4.74 Å². The van der Waals surface area contributed by atoms with Crippen molar-refractivity contribution < 1.29 is 9.53 Å². The van der Waals surface area contributed by atoms with E-state index in [-0.39, 0.29) is 10.7 Å². The summed E-state index contributed by atoms with van der Waals surface area (Å²) in [5, 5.41) is -0.579. The molecule has 0 fully saturated rings. The molecule has 0 spiro atoms. The fraction of sp³-hybridized carbons (Fsp3) is 0.143. The van der Waals surface area contributed by atoms with Gasteiger partial charge in [0, 0.05) is 6.07 Å². The average molecular weight is 206 g/mol. The van der Waals surface area contributed by atoms with Gasteiger partial charge in [0.25, 0.3) is 5.24 Å². The van der Waals surface area contributed by atoms with Crippen LogP contribution in [0.25, 0.3) is 0 Å². The van der Waals surface area contributed by atoms with Crippen LogP contribution in [0.1, 0.15) is 10.4 Å². The number of nitrogens with zero attached hydrogens (tertiary/aromatic N) is 1. The van der Waals surface area contributed by atoms with Crippen molar-refractivity contribution in [2.45, 2.75) is 0 Å². The first-order chi connectivity index (χ1) is 5.65. The van der Waals surface area contributed by atoms with Crippen LogP contribution in [0.4, 0.5) is 0 Å². The molecule has 0 aromatic carbocycles. The Morgan fingerprint density at radius 3 is 2.67 bits per heavy atom. The van der Waals surface area contributed by atoms with Crippen molar-refractivity contribution in [1.82, 2.24) is 4.98 Å². The lowest BCUT2D eigenvalue weighted by Gasteiger charge is -2.00. The molecule has 0 bridgehead atoms. The minimum atomic E-state index is -0.629. The molecule has 0 saturated heterocycles. The van der Waals surface area contributed by atoms with Crippen LogP contribution in [-0.2, 0) is 0 Å². The molecule has 1 aromatic heterocycles.